The second kappa shape index (κ2) is 8.30. The number of likely N-dealkylation sites (tertiary alicyclic amines) is 1. The lowest BCUT2D eigenvalue weighted by Gasteiger charge is -2.31. The third kappa shape index (κ3) is 4.37. The zero-order valence-electron chi connectivity index (χ0n) is 15.9. The number of amides is 1. The van der Waals surface area contributed by atoms with E-state index in [1.165, 1.54) is 18.2 Å². The van der Waals surface area contributed by atoms with Crippen molar-refractivity contribution in [2.45, 2.75) is 18.8 Å². The Morgan fingerprint density at radius 1 is 1.21 bits per heavy atom. The monoisotopic (exact) mass is 397 g/mol. The van der Waals surface area contributed by atoms with E-state index in [0.29, 0.717) is 30.3 Å². The quantitative estimate of drug-likeness (QED) is 0.647. The molecule has 1 fully saturated rings. The number of hydrogen-bond acceptors (Lipinski definition) is 6. The Hall–Kier alpha value is -3.42. The van der Waals surface area contributed by atoms with E-state index in [1.54, 1.807) is 42.3 Å². The zero-order chi connectivity index (χ0) is 20.2. The fraction of sp³-hybridized carbons (Fsp3) is 0.286. The summed E-state index contributed by atoms with van der Waals surface area (Å²) >= 11 is 0. The fourth-order valence-corrected chi connectivity index (χ4v) is 3.34. The molecule has 150 valence electrons. The number of halogens is 1. The van der Waals surface area contributed by atoms with Crippen molar-refractivity contribution in [1.29, 1.82) is 0 Å². The van der Waals surface area contributed by atoms with E-state index >= 15 is 0 Å². The molecule has 7 nitrogen and oxygen atoms in total. The van der Waals surface area contributed by atoms with Gasteiger partial charge in [0.15, 0.2) is 0 Å². The van der Waals surface area contributed by atoms with Crippen molar-refractivity contribution in [3.8, 4) is 17.5 Å². The fourth-order valence-electron chi connectivity index (χ4n) is 3.34. The molecule has 8 heteroatoms. The maximum absolute atomic E-state index is 13.3. The van der Waals surface area contributed by atoms with E-state index in [0.717, 1.165) is 12.8 Å². The molecular formula is C21H20FN3O4. The van der Waals surface area contributed by atoms with Gasteiger partial charge < -0.3 is 18.9 Å². The van der Waals surface area contributed by atoms with Crippen LogP contribution in [0.1, 0.15) is 35.0 Å². The standard InChI is InChI=1S/C21H20FN3O4/c1-27-17-9-7-14(8-10-17)20(26)25-11-3-4-15(13-25)19-23-21(24-29-19)28-18-6-2-5-16(22)12-18/h2,5-10,12,15H,3-4,11,13H2,1H3/t15-/m0/s1. The lowest BCUT2D eigenvalue weighted by Crippen LogP contribution is -2.39. The number of carbonyl (C=O) groups excluding carboxylic acids is 1. The average molecular weight is 397 g/mol. The second-order valence-electron chi connectivity index (χ2n) is 6.79. The SMILES string of the molecule is COc1ccc(C(=O)N2CCC[C@H](c3nc(Oc4cccc(F)c4)no3)C2)cc1. The maximum atomic E-state index is 13.3. The van der Waals surface area contributed by atoms with Crippen molar-refractivity contribution < 1.29 is 23.2 Å². The molecule has 1 aliphatic heterocycles. The van der Waals surface area contributed by atoms with Crippen LogP contribution in [0.2, 0.25) is 0 Å². The molecule has 2 aromatic carbocycles. The Morgan fingerprint density at radius 3 is 2.79 bits per heavy atom. The summed E-state index contributed by atoms with van der Waals surface area (Å²) in [6.07, 6.45) is 1.66. The van der Waals surface area contributed by atoms with Gasteiger partial charge in [0.1, 0.15) is 17.3 Å². The Labute approximate surface area is 167 Å². The minimum Gasteiger partial charge on any atom is -0.497 e. The summed E-state index contributed by atoms with van der Waals surface area (Å²) in [6.45, 7) is 1.15. The number of rotatable bonds is 5. The molecular weight excluding hydrogens is 377 g/mol. The summed E-state index contributed by atoms with van der Waals surface area (Å²) in [5.74, 6) is 0.860. The summed E-state index contributed by atoms with van der Waals surface area (Å²) in [5.41, 5.74) is 0.604. The average Bonchev–Trinajstić information content (AvgIpc) is 3.22. The Balaban J connectivity index is 1.43. The first-order chi connectivity index (χ1) is 14.1. The van der Waals surface area contributed by atoms with Gasteiger partial charge in [-0.3, -0.25) is 4.79 Å². The van der Waals surface area contributed by atoms with Crippen LogP contribution in [-0.4, -0.2) is 41.1 Å². The number of hydrogen-bond donors (Lipinski definition) is 0. The number of carbonyl (C=O) groups is 1. The zero-order valence-corrected chi connectivity index (χ0v) is 15.9. The predicted molar refractivity (Wildman–Crippen MR) is 102 cm³/mol. The van der Waals surface area contributed by atoms with Gasteiger partial charge in [-0.05, 0) is 54.4 Å². The molecule has 1 atom stereocenters. The molecule has 0 N–H and O–H groups in total. The van der Waals surface area contributed by atoms with Crippen molar-refractivity contribution in [3.05, 3.63) is 65.8 Å². The molecule has 2 heterocycles. The smallest absolute Gasteiger partial charge is 0.359 e. The van der Waals surface area contributed by atoms with Crippen molar-refractivity contribution in [3.63, 3.8) is 0 Å². The highest BCUT2D eigenvalue weighted by atomic mass is 19.1. The molecule has 0 saturated carbocycles. The normalized spacial score (nSPS) is 16.5. The second-order valence-corrected chi connectivity index (χ2v) is 6.79. The summed E-state index contributed by atoms with van der Waals surface area (Å²) in [6, 6.07) is 12.8. The number of benzene rings is 2. The van der Waals surface area contributed by atoms with Crippen LogP contribution in [0.3, 0.4) is 0 Å². The van der Waals surface area contributed by atoms with Gasteiger partial charge in [-0.25, -0.2) is 4.39 Å². The first-order valence-electron chi connectivity index (χ1n) is 9.33. The number of ether oxygens (including phenoxy) is 2. The molecule has 1 saturated heterocycles. The third-order valence-corrected chi connectivity index (χ3v) is 4.82. The van der Waals surface area contributed by atoms with Crippen LogP contribution in [0, 0.1) is 5.82 Å². The van der Waals surface area contributed by atoms with Crippen LogP contribution in [0.5, 0.6) is 17.5 Å². The Morgan fingerprint density at radius 2 is 2.03 bits per heavy atom. The topological polar surface area (TPSA) is 77.7 Å². The lowest BCUT2D eigenvalue weighted by atomic mass is 9.97. The van der Waals surface area contributed by atoms with Gasteiger partial charge in [0.05, 0.1) is 13.0 Å². The molecule has 0 aliphatic carbocycles. The lowest BCUT2D eigenvalue weighted by molar-refractivity contribution is 0.0695. The van der Waals surface area contributed by atoms with Crippen LogP contribution in [0.4, 0.5) is 4.39 Å². The van der Waals surface area contributed by atoms with E-state index in [1.807, 2.05) is 0 Å². The van der Waals surface area contributed by atoms with E-state index in [-0.39, 0.29) is 23.6 Å². The van der Waals surface area contributed by atoms with E-state index in [9.17, 15) is 9.18 Å². The van der Waals surface area contributed by atoms with E-state index in [4.69, 9.17) is 14.0 Å². The van der Waals surface area contributed by atoms with Crippen LogP contribution in [0.15, 0.2) is 53.1 Å². The van der Waals surface area contributed by atoms with Crippen LogP contribution < -0.4 is 9.47 Å². The van der Waals surface area contributed by atoms with Crippen molar-refractivity contribution >= 4 is 5.91 Å². The molecule has 4 rings (SSSR count). The van der Waals surface area contributed by atoms with Crippen molar-refractivity contribution in [2.24, 2.45) is 0 Å². The largest absolute Gasteiger partial charge is 0.497 e. The van der Waals surface area contributed by atoms with Crippen LogP contribution in [0.25, 0.3) is 0 Å². The first kappa shape index (κ1) is 18.9. The minimum absolute atomic E-state index is 0.0178. The summed E-state index contributed by atoms with van der Waals surface area (Å²) in [4.78, 5) is 18.9. The van der Waals surface area contributed by atoms with Gasteiger partial charge in [-0.2, -0.15) is 4.98 Å². The predicted octanol–water partition coefficient (Wildman–Crippen LogP) is 4.03. The first-order valence-corrected chi connectivity index (χ1v) is 9.33. The highest BCUT2D eigenvalue weighted by Gasteiger charge is 2.29. The highest BCUT2D eigenvalue weighted by molar-refractivity contribution is 5.94. The van der Waals surface area contributed by atoms with Crippen molar-refractivity contribution in [2.75, 3.05) is 20.2 Å². The van der Waals surface area contributed by atoms with Gasteiger partial charge in [-0.15, -0.1) is 0 Å². The number of aromatic nitrogens is 2. The maximum Gasteiger partial charge on any atom is 0.359 e. The number of piperidine rings is 1. The van der Waals surface area contributed by atoms with Gasteiger partial charge in [0.25, 0.3) is 5.91 Å². The van der Waals surface area contributed by atoms with Gasteiger partial charge in [0.2, 0.25) is 5.89 Å². The summed E-state index contributed by atoms with van der Waals surface area (Å²) < 4.78 is 29.2. The van der Waals surface area contributed by atoms with Gasteiger partial charge in [-0.1, -0.05) is 6.07 Å². The third-order valence-electron chi connectivity index (χ3n) is 4.82. The van der Waals surface area contributed by atoms with Gasteiger partial charge >= 0.3 is 6.01 Å². The van der Waals surface area contributed by atoms with Gasteiger partial charge in [0, 0.05) is 24.7 Å². The summed E-state index contributed by atoms with van der Waals surface area (Å²) in [7, 11) is 1.59. The molecule has 0 radical (unpaired) electrons. The molecule has 0 bridgehead atoms. The van der Waals surface area contributed by atoms with Crippen molar-refractivity contribution in [1.82, 2.24) is 15.0 Å². The molecule has 0 spiro atoms. The molecule has 1 amide bonds. The number of methoxy groups -OCH3 is 1. The van der Waals surface area contributed by atoms with E-state index < -0.39 is 5.82 Å². The molecule has 1 aliphatic rings. The Bertz CT molecular complexity index is 990. The molecule has 1 aromatic heterocycles. The minimum atomic E-state index is -0.411. The highest BCUT2D eigenvalue weighted by Crippen LogP contribution is 2.29. The molecule has 0 unspecified atom stereocenters. The van der Waals surface area contributed by atoms with E-state index in [2.05, 4.69) is 10.1 Å². The number of nitrogens with zero attached hydrogens (tertiary/aromatic N) is 3. The Kier molecular flexibility index (Phi) is 5.41. The molecule has 3 aromatic rings. The van der Waals surface area contributed by atoms with Crippen LogP contribution in [-0.2, 0) is 0 Å². The molecule has 29 heavy (non-hydrogen) atoms. The van der Waals surface area contributed by atoms with Crippen LogP contribution >= 0.6 is 0 Å². The summed E-state index contributed by atoms with van der Waals surface area (Å²) in [5, 5.41) is 3.82.